The van der Waals surface area contributed by atoms with Gasteiger partial charge in [-0.3, -0.25) is 9.59 Å². The Morgan fingerprint density at radius 1 is 0.884 bits per heavy atom. The molecule has 1 N–H and O–H groups in total. The molecule has 0 radical (unpaired) electrons. The monoisotopic (exact) mass is 622 g/mol. The second-order valence-electron chi connectivity index (χ2n) is 9.57. The number of hydrogen-bond donors (Lipinski definition) is 1. The summed E-state index contributed by atoms with van der Waals surface area (Å²) in [5.41, 5.74) is -2.43. The van der Waals surface area contributed by atoms with Crippen molar-refractivity contribution in [3.05, 3.63) is 101 Å². The SMILES string of the molecule is CCCCN(CC(=O)Nc1cc(-c2ccccc2)nn1-c1ccccc1Cl)C(=O)c1cc(C(F)(F)F)cc(C(F)(F)F)c1. The van der Waals surface area contributed by atoms with Crippen LogP contribution in [0.2, 0.25) is 5.02 Å². The van der Waals surface area contributed by atoms with Crippen LogP contribution in [0.15, 0.2) is 78.9 Å². The molecular formula is C30H25ClF6N4O2. The molecule has 3 aromatic carbocycles. The standard InChI is InChI=1S/C30H25ClF6N4O2/c1-2-3-13-40(28(43)20-14-21(29(32,33)34)16-22(15-20)30(35,36)37)18-27(42)38-26-17-24(19-9-5-4-6-10-19)39-41(26)25-12-8-7-11-23(25)31/h4-12,14-17H,2-3,13,18H2,1H3,(H,38,42). The highest BCUT2D eigenvalue weighted by molar-refractivity contribution is 6.32. The largest absolute Gasteiger partial charge is 0.416 e. The summed E-state index contributed by atoms with van der Waals surface area (Å²) in [6.45, 7) is 1.05. The Balaban J connectivity index is 1.66. The molecule has 4 aromatic rings. The summed E-state index contributed by atoms with van der Waals surface area (Å²) in [6.07, 6.45) is -9.37. The zero-order valence-corrected chi connectivity index (χ0v) is 23.4. The van der Waals surface area contributed by atoms with Gasteiger partial charge in [0.05, 0.1) is 27.5 Å². The zero-order chi connectivity index (χ0) is 31.4. The molecule has 1 aromatic heterocycles. The fourth-order valence-electron chi connectivity index (χ4n) is 4.25. The zero-order valence-electron chi connectivity index (χ0n) is 22.6. The van der Waals surface area contributed by atoms with Crippen LogP contribution >= 0.6 is 11.6 Å². The molecule has 0 aliphatic rings. The lowest BCUT2D eigenvalue weighted by atomic mass is 10.0. The Labute approximate surface area is 247 Å². The number of nitrogens with zero attached hydrogens (tertiary/aromatic N) is 3. The van der Waals surface area contributed by atoms with Crippen LogP contribution in [0.1, 0.15) is 41.3 Å². The van der Waals surface area contributed by atoms with E-state index in [4.69, 9.17) is 11.6 Å². The van der Waals surface area contributed by atoms with Crippen molar-refractivity contribution in [3.63, 3.8) is 0 Å². The molecule has 0 bridgehead atoms. The van der Waals surface area contributed by atoms with E-state index in [0.717, 1.165) is 10.5 Å². The van der Waals surface area contributed by atoms with Crippen molar-refractivity contribution >= 4 is 29.2 Å². The smallest absolute Gasteiger partial charge is 0.329 e. The van der Waals surface area contributed by atoms with E-state index >= 15 is 0 Å². The molecule has 1 heterocycles. The van der Waals surface area contributed by atoms with Gasteiger partial charge in [-0.15, -0.1) is 0 Å². The van der Waals surface area contributed by atoms with Crippen LogP contribution < -0.4 is 5.32 Å². The second kappa shape index (κ2) is 12.9. The predicted molar refractivity (Wildman–Crippen MR) is 150 cm³/mol. The number of hydrogen-bond acceptors (Lipinski definition) is 3. The van der Waals surface area contributed by atoms with Crippen LogP contribution in [0.25, 0.3) is 16.9 Å². The molecule has 0 aliphatic heterocycles. The van der Waals surface area contributed by atoms with Gasteiger partial charge in [-0.2, -0.15) is 31.4 Å². The Kier molecular flexibility index (Phi) is 9.49. The Bertz CT molecular complexity index is 1570. The molecule has 13 heteroatoms. The summed E-state index contributed by atoms with van der Waals surface area (Å²) in [5.74, 6) is -1.72. The Hall–Kier alpha value is -4.32. The molecule has 4 rings (SSSR count). The maximum atomic E-state index is 13.4. The number of amides is 2. The maximum absolute atomic E-state index is 13.4. The summed E-state index contributed by atoms with van der Waals surface area (Å²) in [4.78, 5) is 27.5. The first-order valence-corrected chi connectivity index (χ1v) is 13.4. The summed E-state index contributed by atoms with van der Waals surface area (Å²) >= 11 is 6.38. The van der Waals surface area contributed by atoms with Crippen molar-refractivity contribution in [2.45, 2.75) is 32.1 Å². The number of aromatic nitrogens is 2. The molecule has 0 spiro atoms. The van der Waals surface area contributed by atoms with Crippen LogP contribution in [0.3, 0.4) is 0 Å². The minimum absolute atomic E-state index is 0.0555. The highest BCUT2D eigenvalue weighted by Gasteiger charge is 2.38. The Morgan fingerprint density at radius 2 is 1.49 bits per heavy atom. The fourth-order valence-corrected chi connectivity index (χ4v) is 4.46. The molecule has 2 amide bonds. The van der Waals surface area contributed by atoms with Gasteiger partial charge < -0.3 is 10.2 Å². The van der Waals surface area contributed by atoms with Gasteiger partial charge in [0, 0.05) is 23.7 Å². The summed E-state index contributed by atoms with van der Waals surface area (Å²) in [6, 6.07) is 18.0. The number of halogens is 7. The predicted octanol–water partition coefficient (Wildman–Crippen LogP) is 8.11. The van der Waals surface area contributed by atoms with Crippen LogP contribution in [0.5, 0.6) is 0 Å². The van der Waals surface area contributed by atoms with Gasteiger partial charge in [0.15, 0.2) is 0 Å². The van der Waals surface area contributed by atoms with E-state index < -0.39 is 47.4 Å². The van der Waals surface area contributed by atoms with Gasteiger partial charge in [0.1, 0.15) is 12.4 Å². The number of unbranched alkanes of at least 4 members (excludes halogenated alkanes) is 1. The molecule has 0 aliphatic carbocycles. The van der Waals surface area contributed by atoms with Gasteiger partial charge in [0.25, 0.3) is 5.91 Å². The van der Waals surface area contributed by atoms with E-state index in [1.165, 1.54) is 4.68 Å². The first-order chi connectivity index (χ1) is 20.3. The van der Waals surface area contributed by atoms with Gasteiger partial charge in [-0.25, -0.2) is 4.68 Å². The van der Waals surface area contributed by atoms with Crippen molar-refractivity contribution < 1.29 is 35.9 Å². The summed E-state index contributed by atoms with van der Waals surface area (Å²) in [5, 5.41) is 7.55. The normalized spacial score (nSPS) is 11.8. The first kappa shape index (κ1) is 31.6. The third-order valence-corrected chi connectivity index (χ3v) is 6.68. The minimum atomic E-state index is -5.13. The molecule has 0 atom stereocenters. The van der Waals surface area contributed by atoms with Crippen molar-refractivity contribution in [1.29, 1.82) is 0 Å². The molecule has 0 saturated carbocycles. The number of carbonyl (C=O) groups excluding carboxylic acids is 2. The van der Waals surface area contributed by atoms with Gasteiger partial charge >= 0.3 is 12.4 Å². The number of alkyl halides is 6. The van der Waals surface area contributed by atoms with E-state index in [1.54, 1.807) is 61.5 Å². The lowest BCUT2D eigenvalue weighted by Gasteiger charge is -2.23. The number of para-hydroxylation sites is 1. The van der Waals surface area contributed by atoms with E-state index in [2.05, 4.69) is 10.4 Å². The average molecular weight is 623 g/mol. The van der Waals surface area contributed by atoms with E-state index in [-0.39, 0.29) is 18.4 Å². The van der Waals surface area contributed by atoms with Gasteiger partial charge in [0.2, 0.25) is 5.91 Å². The molecule has 0 fully saturated rings. The lowest BCUT2D eigenvalue weighted by Crippen LogP contribution is -2.39. The van der Waals surface area contributed by atoms with E-state index in [1.807, 2.05) is 6.07 Å². The molecule has 226 valence electrons. The maximum Gasteiger partial charge on any atom is 0.416 e. The Morgan fingerprint density at radius 3 is 2.07 bits per heavy atom. The van der Waals surface area contributed by atoms with Crippen LogP contribution in [0.4, 0.5) is 32.2 Å². The quantitative estimate of drug-likeness (QED) is 0.192. The molecule has 6 nitrogen and oxygen atoms in total. The highest BCUT2D eigenvalue weighted by atomic mass is 35.5. The number of benzene rings is 3. The third kappa shape index (κ3) is 7.75. The van der Waals surface area contributed by atoms with Crippen LogP contribution in [-0.4, -0.2) is 39.6 Å². The van der Waals surface area contributed by atoms with Crippen molar-refractivity contribution in [1.82, 2.24) is 14.7 Å². The third-order valence-electron chi connectivity index (χ3n) is 6.36. The summed E-state index contributed by atoms with van der Waals surface area (Å²) in [7, 11) is 0. The molecule has 43 heavy (non-hydrogen) atoms. The molecular weight excluding hydrogens is 598 g/mol. The summed E-state index contributed by atoms with van der Waals surface area (Å²) < 4.78 is 81.9. The van der Waals surface area contributed by atoms with Crippen molar-refractivity contribution in [2.24, 2.45) is 0 Å². The molecule has 0 saturated heterocycles. The second-order valence-corrected chi connectivity index (χ2v) is 9.97. The van der Waals surface area contributed by atoms with Crippen LogP contribution in [0, 0.1) is 0 Å². The molecule has 0 unspecified atom stereocenters. The fraction of sp³-hybridized carbons (Fsp3) is 0.233. The number of anilines is 1. The minimum Gasteiger partial charge on any atom is -0.329 e. The van der Waals surface area contributed by atoms with Crippen LogP contribution in [-0.2, 0) is 17.1 Å². The van der Waals surface area contributed by atoms with E-state index in [9.17, 15) is 35.9 Å². The van der Waals surface area contributed by atoms with Gasteiger partial charge in [-0.1, -0.05) is 67.4 Å². The number of rotatable bonds is 9. The van der Waals surface area contributed by atoms with Crippen molar-refractivity contribution in [2.75, 3.05) is 18.4 Å². The highest BCUT2D eigenvalue weighted by Crippen LogP contribution is 2.36. The average Bonchev–Trinajstić information content (AvgIpc) is 3.37. The van der Waals surface area contributed by atoms with E-state index in [0.29, 0.717) is 41.4 Å². The first-order valence-electron chi connectivity index (χ1n) is 13.1. The number of nitrogens with one attached hydrogen (secondary N) is 1. The lowest BCUT2D eigenvalue weighted by molar-refractivity contribution is -0.143. The van der Waals surface area contributed by atoms with Gasteiger partial charge in [-0.05, 0) is 36.8 Å². The topological polar surface area (TPSA) is 67.2 Å². The number of carbonyl (C=O) groups is 2. The van der Waals surface area contributed by atoms with Crippen molar-refractivity contribution in [3.8, 4) is 16.9 Å².